The summed E-state index contributed by atoms with van der Waals surface area (Å²) in [4.78, 5) is 14.5. The van der Waals surface area contributed by atoms with Crippen LogP contribution in [-0.4, -0.2) is 61.4 Å². The Bertz CT molecular complexity index is 923. The van der Waals surface area contributed by atoms with Gasteiger partial charge in [-0.25, -0.2) is 4.68 Å². The van der Waals surface area contributed by atoms with Gasteiger partial charge in [0.25, 0.3) is 5.91 Å². The van der Waals surface area contributed by atoms with Gasteiger partial charge < -0.3 is 14.4 Å². The van der Waals surface area contributed by atoms with Crippen LogP contribution in [0.15, 0.2) is 48.9 Å². The minimum atomic E-state index is -0.193. The minimum Gasteiger partial charge on any atom is -0.486 e. The Balaban J connectivity index is 1.36. The Kier molecular flexibility index (Phi) is 5.22. The fraction of sp³-hybridized carbons (Fsp3) is 0.368. The molecule has 1 amide bonds. The van der Waals surface area contributed by atoms with Crippen LogP contribution in [0.1, 0.15) is 17.4 Å². The normalized spacial score (nSPS) is 15.4. The summed E-state index contributed by atoms with van der Waals surface area (Å²) < 4.78 is 15.1. The molecule has 0 N–H and O–H groups in total. The second kappa shape index (κ2) is 8.12. The molecule has 3 aromatic rings. The van der Waals surface area contributed by atoms with Gasteiger partial charge in [0, 0.05) is 25.5 Å². The van der Waals surface area contributed by atoms with Crippen LogP contribution in [0.4, 0.5) is 0 Å². The topological polar surface area (TPSA) is 87.3 Å². The number of carbonyl (C=O) groups excluding carboxylic acids is 1. The lowest BCUT2D eigenvalue weighted by molar-refractivity contribution is 0.0745. The molecule has 0 fully saturated rings. The first-order valence-electron chi connectivity index (χ1n) is 9.28. The first-order chi connectivity index (χ1) is 13.7. The summed E-state index contributed by atoms with van der Waals surface area (Å²) in [6.45, 7) is 4.59. The van der Waals surface area contributed by atoms with Crippen LogP contribution in [0.25, 0.3) is 0 Å². The first kappa shape index (κ1) is 18.0. The Hall–Kier alpha value is -3.36. The van der Waals surface area contributed by atoms with Crippen molar-refractivity contribution in [2.24, 2.45) is 0 Å². The largest absolute Gasteiger partial charge is 0.486 e. The molecule has 1 aliphatic rings. The van der Waals surface area contributed by atoms with Crippen LogP contribution < -0.4 is 9.47 Å². The maximum atomic E-state index is 12.7. The molecular weight excluding hydrogens is 360 g/mol. The van der Waals surface area contributed by atoms with Crippen molar-refractivity contribution in [2.75, 3.05) is 19.7 Å². The van der Waals surface area contributed by atoms with Crippen molar-refractivity contribution in [1.82, 2.24) is 29.7 Å². The quantitative estimate of drug-likeness (QED) is 0.615. The zero-order valence-electron chi connectivity index (χ0n) is 15.6. The molecule has 1 aliphatic heterocycles. The van der Waals surface area contributed by atoms with Crippen LogP contribution >= 0.6 is 0 Å². The molecule has 9 nitrogen and oxygen atoms in total. The molecular formula is C19H22N6O3. The summed E-state index contributed by atoms with van der Waals surface area (Å²) in [6.07, 6.45) is 5.06. The minimum absolute atomic E-state index is 0.146. The smallest absolute Gasteiger partial charge is 0.276 e. The van der Waals surface area contributed by atoms with E-state index in [-0.39, 0.29) is 12.0 Å². The third-order valence-electron chi connectivity index (χ3n) is 4.54. The van der Waals surface area contributed by atoms with Gasteiger partial charge in [-0.05, 0) is 25.1 Å². The van der Waals surface area contributed by atoms with Crippen molar-refractivity contribution in [1.29, 1.82) is 0 Å². The highest BCUT2D eigenvalue weighted by Crippen LogP contribution is 2.31. The summed E-state index contributed by atoms with van der Waals surface area (Å²) >= 11 is 0. The third kappa shape index (κ3) is 3.98. The van der Waals surface area contributed by atoms with Crippen LogP contribution in [0.3, 0.4) is 0 Å². The molecule has 0 radical (unpaired) electrons. The lowest BCUT2D eigenvalue weighted by atomic mass is 10.2. The van der Waals surface area contributed by atoms with Gasteiger partial charge in [0.1, 0.15) is 6.61 Å². The number of benzene rings is 1. The fourth-order valence-electron chi connectivity index (χ4n) is 3.07. The molecule has 0 bridgehead atoms. The average Bonchev–Trinajstić information content (AvgIpc) is 3.40. The summed E-state index contributed by atoms with van der Waals surface area (Å²) in [5.41, 5.74) is 0.319. The van der Waals surface area contributed by atoms with Gasteiger partial charge in [0.15, 0.2) is 23.3 Å². The van der Waals surface area contributed by atoms with Crippen molar-refractivity contribution >= 4 is 5.91 Å². The number of hydrogen-bond acceptors (Lipinski definition) is 6. The fourth-order valence-corrected chi connectivity index (χ4v) is 3.07. The van der Waals surface area contributed by atoms with Crippen molar-refractivity contribution in [3.63, 3.8) is 0 Å². The second-order valence-electron chi connectivity index (χ2n) is 6.48. The SMILES string of the molecule is CCN(CCn1cccn1)C(=O)c1cn(CC2COc3ccccc3O2)nn1. The molecule has 3 heterocycles. The highest BCUT2D eigenvalue weighted by molar-refractivity contribution is 5.91. The Morgan fingerprint density at radius 2 is 2.11 bits per heavy atom. The van der Waals surface area contributed by atoms with Gasteiger partial charge in [0.2, 0.25) is 0 Å². The Morgan fingerprint density at radius 1 is 1.25 bits per heavy atom. The molecule has 4 rings (SSSR count). The number of aromatic nitrogens is 5. The Morgan fingerprint density at radius 3 is 2.89 bits per heavy atom. The number of carbonyl (C=O) groups is 1. The van der Waals surface area contributed by atoms with Crippen LogP contribution in [0.2, 0.25) is 0 Å². The van der Waals surface area contributed by atoms with Gasteiger partial charge in [-0.15, -0.1) is 5.10 Å². The van der Waals surface area contributed by atoms with Gasteiger partial charge >= 0.3 is 0 Å². The average molecular weight is 382 g/mol. The Labute approximate surface area is 162 Å². The van der Waals surface area contributed by atoms with Crippen molar-refractivity contribution in [3.8, 4) is 11.5 Å². The summed E-state index contributed by atoms with van der Waals surface area (Å²) in [5.74, 6) is 1.31. The maximum Gasteiger partial charge on any atom is 0.276 e. The first-order valence-corrected chi connectivity index (χ1v) is 9.28. The van der Waals surface area contributed by atoms with Gasteiger partial charge in [-0.2, -0.15) is 5.10 Å². The van der Waals surface area contributed by atoms with E-state index in [0.717, 1.165) is 5.75 Å². The molecule has 1 aromatic carbocycles. The number of fused-ring (bicyclic) bond motifs is 1. The van der Waals surface area contributed by atoms with E-state index in [1.165, 1.54) is 0 Å². The molecule has 0 saturated heterocycles. The lowest BCUT2D eigenvalue weighted by Gasteiger charge is -2.26. The maximum absolute atomic E-state index is 12.7. The summed E-state index contributed by atoms with van der Waals surface area (Å²) in [6, 6.07) is 9.42. The molecule has 1 atom stereocenters. The second-order valence-corrected chi connectivity index (χ2v) is 6.48. The van der Waals surface area contributed by atoms with Crippen molar-refractivity contribution in [3.05, 3.63) is 54.6 Å². The van der Waals surface area contributed by atoms with Gasteiger partial charge in [-0.1, -0.05) is 17.3 Å². The monoisotopic (exact) mass is 382 g/mol. The van der Waals surface area contributed by atoms with E-state index < -0.39 is 0 Å². The summed E-state index contributed by atoms with van der Waals surface area (Å²) in [7, 11) is 0. The molecule has 0 spiro atoms. The lowest BCUT2D eigenvalue weighted by Crippen LogP contribution is -2.34. The van der Waals surface area contributed by atoms with Gasteiger partial charge in [-0.3, -0.25) is 9.48 Å². The molecule has 146 valence electrons. The number of amides is 1. The molecule has 1 unspecified atom stereocenters. The van der Waals surface area contributed by atoms with E-state index >= 15 is 0 Å². The molecule has 28 heavy (non-hydrogen) atoms. The number of likely N-dealkylation sites (N-methyl/N-ethyl adjacent to an activating group) is 1. The van der Waals surface area contributed by atoms with E-state index in [1.807, 2.05) is 43.5 Å². The van der Waals surface area contributed by atoms with E-state index in [2.05, 4.69) is 15.4 Å². The van der Waals surface area contributed by atoms with Crippen LogP contribution in [0, 0.1) is 0 Å². The number of rotatable bonds is 7. The molecule has 0 aliphatic carbocycles. The van der Waals surface area contributed by atoms with E-state index in [1.54, 1.807) is 26.7 Å². The van der Waals surface area contributed by atoms with Gasteiger partial charge in [0.05, 0.1) is 19.3 Å². The van der Waals surface area contributed by atoms with E-state index in [0.29, 0.717) is 44.2 Å². The number of ether oxygens (including phenoxy) is 2. The molecule has 2 aromatic heterocycles. The van der Waals surface area contributed by atoms with Crippen molar-refractivity contribution in [2.45, 2.75) is 26.1 Å². The van der Waals surface area contributed by atoms with E-state index in [4.69, 9.17) is 9.47 Å². The molecule has 9 heteroatoms. The highest BCUT2D eigenvalue weighted by Gasteiger charge is 2.23. The predicted molar refractivity (Wildman–Crippen MR) is 100 cm³/mol. The summed E-state index contributed by atoms with van der Waals surface area (Å²) in [5, 5.41) is 12.3. The molecule has 0 saturated carbocycles. The van der Waals surface area contributed by atoms with E-state index in [9.17, 15) is 4.79 Å². The zero-order chi connectivity index (χ0) is 19.3. The standard InChI is InChI=1S/C19H22N6O3/c1-2-23(10-11-24-9-5-8-20-24)19(26)16-13-25(22-21-16)12-15-14-27-17-6-3-4-7-18(17)28-15/h3-9,13,15H,2,10-12,14H2,1H3. The van der Waals surface area contributed by atoms with Crippen molar-refractivity contribution < 1.29 is 14.3 Å². The third-order valence-corrected chi connectivity index (χ3v) is 4.54. The van der Waals surface area contributed by atoms with Crippen LogP contribution in [-0.2, 0) is 13.1 Å². The van der Waals surface area contributed by atoms with Crippen LogP contribution in [0.5, 0.6) is 11.5 Å². The predicted octanol–water partition coefficient (Wildman–Crippen LogP) is 1.48. The highest BCUT2D eigenvalue weighted by atomic mass is 16.6. The number of nitrogens with zero attached hydrogens (tertiary/aromatic N) is 6. The number of para-hydroxylation sites is 2. The number of hydrogen-bond donors (Lipinski definition) is 0. The zero-order valence-corrected chi connectivity index (χ0v) is 15.6.